The van der Waals surface area contributed by atoms with Gasteiger partial charge in [0.25, 0.3) is 0 Å². The minimum absolute atomic E-state index is 0.00361. The van der Waals surface area contributed by atoms with Crippen LogP contribution in [-0.4, -0.2) is 36.0 Å². The Balaban J connectivity index is 2.22. The van der Waals surface area contributed by atoms with Crippen molar-refractivity contribution < 1.29 is 9.53 Å². The highest BCUT2D eigenvalue weighted by molar-refractivity contribution is 5.81. The van der Waals surface area contributed by atoms with Crippen molar-refractivity contribution in [1.82, 2.24) is 4.90 Å². The van der Waals surface area contributed by atoms with Crippen LogP contribution >= 0.6 is 0 Å². The number of ether oxygens (including phenoxy) is 1. The van der Waals surface area contributed by atoms with E-state index in [9.17, 15) is 4.79 Å². The van der Waals surface area contributed by atoms with Crippen molar-refractivity contribution in [3.8, 4) is 0 Å². The Morgan fingerprint density at radius 2 is 2.15 bits per heavy atom. The molecular weight excluding hydrogens is 252 g/mol. The lowest BCUT2D eigenvalue weighted by atomic mass is 9.98. The molecule has 1 aliphatic rings. The number of rotatable bonds is 2. The number of amides is 1. The number of nitrogens with two attached hydrogens (primary N) is 1. The van der Waals surface area contributed by atoms with Crippen LogP contribution < -0.4 is 5.73 Å². The maximum Gasteiger partial charge on any atom is 0.239 e. The van der Waals surface area contributed by atoms with Gasteiger partial charge in [-0.05, 0) is 38.8 Å². The van der Waals surface area contributed by atoms with Gasteiger partial charge in [0.15, 0.2) is 0 Å². The first kappa shape index (κ1) is 15.0. The monoisotopic (exact) mass is 276 g/mol. The van der Waals surface area contributed by atoms with Crippen molar-refractivity contribution in [2.45, 2.75) is 45.9 Å². The van der Waals surface area contributed by atoms with Crippen molar-refractivity contribution in [2.24, 2.45) is 5.73 Å². The molecule has 0 aliphatic carbocycles. The van der Waals surface area contributed by atoms with Gasteiger partial charge in [0, 0.05) is 0 Å². The fourth-order valence-electron chi connectivity index (χ4n) is 2.62. The zero-order chi connectivity index (χ0) is 14.9. The fourth-order valence-corrected chi connectivity index (χ4v) is 2.62. The molecule has 1 aromatic rings. The number of carbonyl (C=O) groups is 1. The van der Waals surface area contributed by atoms with Crippen LogP contribution in [0.3, 0.4) is 0 Å². The molecule has 0 bridgehead atoms. The molecule has 110 valence electrons. The van der Waals surface area contributed by atoms with Gasteiger partial charge in [-0.3, -0.25) is 4.79 Å². The molecule has 0 saturated carbocycles. The average molecular weight is 276 g/mol. The third-order valence-electron chi connectivity index (χ3n) is 3.89. The molecule has 0 aromatic heterocycles. The maximum atomic E-state index is 12.2. The Morgan fingerprint density at radius 3 is 2.80 bits per heavy atom. The third-order valence-corrected chi connectivity index (χ3v) is 3.89. The van der Waals surface area contributed by atoms with Crippen molar-refractivity contribution >= 4 is 5.91 Å². The topological polar surface area (TPSA) is 55.6 Å². The Hall–Kier alpha value is -1.39. The van der Waals surface area contributed by atoms with Gasteiger partial charge in [-0.25, -0.2) is 0 Å². The van der Waals surface area contributed by atoms with E-state index in [4.69, 9.17) is 10.5 Å². The SMILES string of the molecule is Cc1ccc(C)c(C2CN(C(=O)C(C)N)C(C)CO2)c1. The van der Waals surface area contributed by atoms with E-state index in [1.165, 1.54) is 16.7 Å². The molecule has 1 amide bonds. The summed E-state index contributed by atoms with van der Waals surface area (Å²) in [7, 11) is 0. The number of nitrogens with zero attached hydrogens (tertiary/aromatic N) is 1. The van der Waals surface area contributed by atoms with Crippen LogP contribution in [0.15, 0.2) is 18.2 Å². The van der Waals surface area contributed by atoms with Crippen LogP contribution in [0.1, 0.15) is 36.6 Å². The lowest BCUT2D eigenvalue weighted by molar-refractivity contribution is -0.145. The molecule has 1 fully saturated rings. The van der Waals surface area contributed by atoms with Crippen LogP contribution in [-0.2, 0) is 9.53 Å². The minimum atomic E-state index is -0.463. The summed E-state index contributed by atoms with van der Waals surface area (Å²) in [4.78, 5) is 14.0. The molecule has 4 heteroatoms. The number of hydrogen-bond donors (Lipinski definition) is 1. The first-order valence-electron chi connectivity index (χ1n) is 7.15. The molecular formula is C16H24N2O2. The third kappa shape index (κ3) is 3.02. The van der Waals surface area contributed by atoms with Gasteiger partial charge >= 0.3 is 0 Å². The molecule has 1 aliphatic heterocycles. The lowest BCUT2D eigenvalue weighted by Gasteiger charge is -2.39. The van der Waals surface area contributed by atoms with Gasteiger partial charge in [-0.15, -0.1) is 0 Å². The van der Waals surface area contributed by atoms with Crippen molar-refractivity contribution in [1.29, 1.82) is 0 Å². The molecule has 1 heterocycles. The first-order chi connectivity index (χ1) is 9.40. The average Bonchev–Trinajstić information content (AvgIpc) is 2.41. The van der Waals surface area contributed by atoms with E-state index in [0.717, 1.165) is 0 Å². The van der Waals surface area contributed by atoms with E-state index in [2.05, 4.69) is 32.0 Å². The molecule has 2 N–H and O–H groups in total. The summed E-state index contributed by atoms with van der Waals surface area (Å²) in [5.74, 6) is -0.00361. The summed E-state index contributed by atoms with van der Waals surface area (Å²) < 4.78 is 5.94. The standard InChI is InChI=1S/C16H24N2O2/c1-10-5-6-11(2)14(7-10)15-8-18(12(3)9-20-15)16(19)13(4)17/h5-7,12-13,15H,8-9,17H2,1-4H3. The quantitative estimate of drug-likeness (QED) is 0.898. The van der Waals surface area contributed by atoms with Gasteiger partial charge in [0.1, 0.15) is 6.10 Å². The zero-order valence-corrected chi connectivity index (χ0v) is 12.7. The second-order valence-corrected chi connectivity index (χ2v) is 5.81. The number of morpholine rings is 1. The molecule has 3 atom stereocenters. The Labute approximate surface area is 120 Å². The lowest BCUT2D eigenvalue weighted by Crippen LogP contribution is -2.52. The summed E-state index contributed by atoms with van der Waals surface area (Å²) in [6.07, 6.45) is -0.0613. The normalized spacial score (nSPS) is 24.6. The Morgan fingerprint density at radius 1 is 1.45 bits per heavy atom. The van der Waals surface area contributed by atoms with Gasteiger partial charge < -0.3 is 15.4 Å². The van der Waals surface area contributed by atoms with Crippen LogP contribution in [0, 0.1) is 13.8 Å². The minimum Gasteiger partial charge on any atom is -0.370 e. The summed E-state index contributed by atoms with van der Waals surface area (Å²) >= 11 is 0. The van der Waals surface area contributed by atoms with Gasteiger partial charge in [-0.2, -0.15) is 0 Å². The molecule has 4 nitrogen and oxygen atoms in total. The molecule has 3 unspecified atom stereocenters. The van der Waals surface area contributed by atoms with E-state index >= 15 is 0 Å². The molecule has 20 heavy (non-hydrogen) atoms. The summed E-state index contributed by atoms with van der Waals surface area (Å²) in [5, 5.41) is 0. The molecule has 0 radical (unpaired) electrons. The summed E-state index contributed by atoms with van der Waals surface area (Å²) in [6, 6.07) is 5.95. The fraction of sp³-hybridized carbons (Fsp3) is 0.562. The largest absolute Gasteiger partial charge is 0.370 e. The van der Waals surface area contributed by atoms with E-state index in [1.807, 2.05) is 11.8 Å². The van der Waals surface area contributed by atoms with E-state index in [0.29, 0.717) is 13.2 Å². The highest BCUT2D eigenvalue weighted by atomic mass is 16.5. The Bertz CT molecular complexity index is 499. The molecule has 2 rings (SSSR count). The highest BCUT2D eigenvalue weighted by Gasteiger charge is 2.32. The number of hydrogen-bond acceptors (Lipinski definition) is 3. The maximum absolute atomic E-state index is 12.2. The predicted octanol–water partition coefficient (Wildman–Crippen LogP) is 1.94. The summed E-state index contributed by atoms with van der Waals surface area (Å²) in [5.41, 5.74) is 9.31. The predicted molar refractivity (Wildman–Crippen MR) is 79.4 cm³/mol. The highest BCUT2D eigenvalue weighted by Crippen LogP contribution is 2.28. The van der Waals surface area contributed by atoms with Crippen molar-refractivity contribution in [3.05, 3.63) is 34.9 Å². The van der Waals surface area contributed by atoms with Crippen molar-refractivity contribution in [2.75, 3.05) is 13.2 Å². The smallest absolute Gasteiger partial charge is 0.239 e. The molecule has 1 aromatic carbocycles. The molecule has 1 saturated heterocycles. The van der Waals surface area contributed by atoms with Gasteiger partial charge in [0.2, 0.25) is 5.91 Å². The van der Waals surface area contributed by atoms with E-state index < -0.39 is 6.04 Å². The number of aryl methyl sites for hydroxylation is 2. The van der Waals surface area contributed by atoms with Crippen LogP contribution in [0.5, 0.6) is 0 Å². The van der Waals surface area contributed by atoms with Crippen LogP contribution in [0.25, 0.3) is 0 Å². The van der Waals surface area contributed by atoms with Crippen molar-refractivity contribution in [3.63, 3.8) is 0 Å². The van der Waals surface area contributed by atoms with Gasteiger partial charge in [0.05, 0.1) is 25.2 Å². The van der Waals surface area contributed by atoms with Crippen LogP contribution in [0.2, 0.25) is 0 Å². The van der Waals surface area contributed by atoms with E-state index in [1.54, 1.807) is 6.92 Å². The summed E-state index contributed by atoms with van der Waals surface area (Å²) in [6.45, 7) is 9.01. The first-order valence-corrected chi connectivity index (χ1v) is 7.15. The Kier molecular flexibility index (Phi) is 4.45. The van der Waals surface area contributed by atoms with E-state index in [-0.39, 0.29) is 18.1 Å². The second-order valence-electron chi connectivity index (χ2n) is 5.81. The molecule has 0 spiro atoms. The second kappa shape index (κ2) is 5.94. The zero-order valence-electron chi connectivity index (χ0n) is 12.7. The number of benzene rings is 1. The number of carbonyl (C=O) groups excluding carboxylic acids is 1. The van der Waals surface area contributed by atoms with Crippen LogP contribution in [0.4, 0.5) is 0 Å². The van der Waals surface area contributed by atoms with Gasteiger partial charge in [-0.1, -0.05) is 23.8 Å².